The summed E-state index contributed by atoms with van der Waals surface area (Å²) < 4.78 is 26.6. The number of halogens is 3. The molecule has 6 heteroatoms. The second-order valence-corrected chi connectivity index (χ2v) is 6.83. The molecule has 0 amide bonds. The third-order valence-corrected chi connectivity index (χ3v) is 4.56. The number of rotatable bonds is 6. The first-order valence-electron chi connectivity index (χ1n) is 7.57. The van der Waals surface area contributed by atoms with E-state index in [1.807, 2.05) is 13.8 Å². The Morgan fingerprint density at radius 2 is 2.14 bits per heavy atom. The Kier molecular flexibility index (Phi) is 5.77. The Morgan fingerprint density at radius 3 is 2.77 bits per heavy atom. The van der Waals surface area contributed by atoms with Crippen LogP contribution < -0.4 is 5.43 Å². The van der Waals surface area contributed by atoms with Gasteiger partial charge in [-0.15, -0.1) is 11.6 Å². The molecule has 0 spiro atoms. The summed E-state index contributed by atoms with van der Waals surface area (Å²) in [6, 6.07) is 3.73. The van der Waals surface area contributed by atoms with Crippen molar-refractivity contribution in [1.29, 1.82) is 0 Å². The van der Waals surface area contributed by atoms with Crippen LogP contribution in [0.1, 0.15) is 44.7 Å². The van der Waals surface area contributed by atoms with Crippen molar-refractivity contribution in [3.8, 4) is 0 Å². The quantitative estimate of drug-likeness (QED) is 0.782. The lowest BCUT2D eigenvalue weighted by Gasteiger charge is -2.39. The Hall–Kier alpha value is -0.750. The average Bonchev–Trinajstić information content (AvgIpc) is 2.96. The van der Waals surface area contributed by atoms with Gasteiger partial charge in [0.05, 0.1) is 6.04 Å². The minimum atomic E-state index is -0.861. The lowest BCUT2D eigenvalue weighted by Crippen LogP contribution is -2.49. The number of benzene rings is 1. The van der Waals surface area contributed by atoms with Crippen molar-refractivity contribution in [3.05, 3.63) is 35.4 Å². The highest BCUT2D eigenvalue weighted by Crippen LogP contribution is 2.36. The van der Waals surface area contributed by atoms with Gasteiger partial charge in [-0.2, -0.15) is 0 Å². The van der Waals surface area contributed by atoms with Gasteiger partial charge >= 0.3 is 0 Å². The van der Waals surface area contributed by atoms with E-state index in [0.29, 0.717) is 18.0 Å². The summed E-state index contributed by atoms with van der Waals surface area (Å²) in [6.45, 7) is 4.64. The fourth-order valence-electron chi connectivity index (χ4n) is 2.91. The number of hydrogen-bond donors (Lipinski definition) is 2. The molecule has 1 aromatic rings. The van der Waals surface area contributed by atoms with E-state index in [1.165, 1.54) is 6.07 Å². The molecule has 1 aliphatic heterocycles. The first-order chi connectivity index (χ1) is 10.4. The Morgan fingerprint density at radius 1 is 1.41 bits per heavy atom. The molecule has 0 saturated carbocycles. The number of aliphatic hydroxyl groups excluding tert-OH is 1. The van der Waals surface area contributed by atoms with E-state index in [4.69, 9.17) is 11.6 Å². The summed E-state index contributed by atoms with van der Waals surface area (Å²) in [5, 5.41) is 12.5. The summed E-state index contributed by atoms with van der Waals surface area (Å²) >= 11 is 5.74. The van der Waals surface area contributed by atoms with Crippen LogP contribution in [0.15, 0.2) is 18.2 Å². The van der Waals surface area contributed by atoms with Crippen LogP contribution in [0.25, 0.3) is 0 Å². The molecule has 1 fully saturated rings. The molecular formula is C16H23ClF2N2O. The predicted molar refractivity (Wildman–Crippen MR) is 83.3 cm³/mol. The lowest BCUT2D eigenvalue weighted by molar-refractivity contribution is -0.111. The third kappa shape index (κ3) is 3.77. The zero-order valence-corrected chi connectivity index (χ0v) is 13.7. The van der Waals surface area contributed by atoms with Crippen molar-refractivity contribution < 1.29 is 13.9 Å². The molecule has 2 N–H and O–H groups in total. The molecule has 0 bridgehead atoms. The molecule has 0 radical (unpaired) electrons. The fraction of sp³-hybridized carbons (Fsp3) is 0.625. The van der Waals surface area contributed by atoms with Crippen LogP contribution in [0.4, 0.5) is 8.78 Å². The topological polar surface area (TPSA) is 35.5 Å². The number of alkyl halides is 1. The van der Waals surface area contributed by atoms with Gasteiger partial charge in [0.2, 0.25) is 0 Å². The van der Waals surface area contributed by atoms with Gasteiger partial charge in [0.15, 0.2) is 11.6 Å². The van der Waals surface area contributed by atoms with E-state index < -0.39 is 17.9 Å². The largest absolute Gasteiger partial charge is 0.377 e. The second-order valence-electron chi connectivity index (χ2n) is 6.45. The van der Waals surface area contributed by atoms with Crippen LogP contribution >= 0.6 is 11.6 Å². The molecule has 124 valence electrons. The highest BCUT2D eigenvalue weighted by Gasteiger charge is 2.39. The van der Waals surface area contributed by atoms with Gasteiger partial charge in [-0.3, -0.25) is 5.43 Å². The maximum absolute atomic E-state index is 13.5. The minimum Gasteiger partial charge on any atom is -0.377 e. The van der Waals surface area contributed by atoms with Gasteiger partial charge < -0.3 is 5.11 Å². The number of aliphatic hydroxyl groups is 1. The van der Waals surface area contributed by atoms with E-state index in [2.05, 4.69) is 5.43 Å². The van der Waals surface area contributed by atoms with Gasteiger partial charge in [-0.05, 0) is 37.0 Å². The summed E-state index contributed by atoms with van der Waals surface area (Å²) in [5.41, 5.74) is 3.46. The standard InChI is InChI=1S/C16H23ClF2N2O/c1-16(2,7-3-8-17)15(22)21-14(6-9-20-21)11-4-5-12(18)13(19)10-11/h4-5,10,14-15,20,22H,3,6-9H2,1-2H3. The Bertz CT molecular complexity index is 513. The maximum Gasteiger partial charge on any atom is 0.159 e. The van der Waals surface area contributed by atoms with E-state index in [9.17, 15) is 13.9 Å². The highest BCUT2D eigenvalue weighted by molar-refractivity contribution is 6.17. The first kappa shape index (κ1) is 17.6. The number of hydrazine groups is 1. The van der Waals surface area contributed by atoms with Gasteiger partial charge in [0.1, 0.15) is 6.23 Å². The van der Waals surface area contributed by atoms with Crippen LogP contribution in [0.3, 0.4) is 0 Å². The van der Waals surface area contributed by atoms with Gasteiger partial charge in [0.25, 0.3) is 0 Å². The molecule has 1 aromatic carbocycles. The average molecular weight is 333 g/mol. The first-order valence-corrected chi connectivity index (χ1v) is 8.11. The Balaban J connectivity index is 2.17. The molecule has 2 atom stereocenters. The van der Waals surface area contributed by atoms with Crippen LogP contribution in [0.5, 0.6) is 0 Å². The van der Waals surface area contributed by atoms with Crippen LogP contribution in [0.2, 0.25) is 0 Å². The number of nitrogens with one attached hydrogen (secondary N) is 1. The molecule has 0 aliphatic carbocycles. The smallest absolute Gasteiger partial charge is 0.159 e. The van der Waals surface area contributed by atoms with Crippen LogP contribution in [0, 0.1) is 17.0 Å². The molecular weight excluding hydrogens is 310 g/mol. The molecule has 1 aliphatic rings. The maximum atomic E-state index is 13.5. The summed E-state index contributed by atoms with van der Waals surface area (Å²) in [6.07, 6.45) is 1.58. The SMILES string of the molecule is CC(C)(CCCCl)C(O)N1NCCC1c1ccc(F)c(F)c1. The molecule has 1 saturated heterocycles. The van der Waals surface area contributed by atoms with Crippen molar-refractivity contribution in [3.63, 3.8) is 0 Å². The van der Waals surface area contributed by atoms with E-state index in [0.717, 1.165) is 25.3 Å². The van der Waals surface area contributed by atoms with Crippen molar-refractivity contribution in [1.82, 2.24) is 10.4 Å². The molecule has 2 unspecified atom stereocenters. The van der Waals surface area contributed by atoms with E-state index in [-0.39, 0.29) is 11.5 Å². The highest BCUT2D eigenvalue weighted by atomic mass is 35.5. The Labute approximate surface area is 135 Å². The third-order valence-electron chi connectivity index (χ3n) is 4.29. The monoisotopic (exact) mass is 332 g/mol. The molecule has 3 nitrogen and oxygen atoms in total. The van der Waals surface area contributed by atoms with Crippen molar-refractivity contribution in [2.24, 2.45) is 5.41 Å². The summed E-state index contributed by atoms with van der Waals surface area (Å²) in [7, 11) is 0. The van der Waals surface area contributed by atoms with Crippen molar-refractivity contribution >= 4 is 11.6 Å². The molecule has 1 heterocycles. The minimum absolute atomic E-state index is 0.180. The van der Waals surface area contributed by atoms with E-state index >= 15 is 0 Å². The zero-order chi connectivity index (χ0) is 16.3. The van der Waals surface area contributed by atoms with E-state index in [1.54, 1.807) is 11.1 Å². The van der Waals surface area contributed by atoms with Crippen LogP contribution in [-0.4, -0.2) is 28.8 Å². The van der Waals surface area contributed by atoms with Gasteiger partial charge in [-0.25, -0.2) is 13.8 Å². The predicted octanol–water partition coefficient (Wildman–Crippen LogP) is 3.58. The molecule has 0 aromatic heterocycles. The second kappa shape index (κ2) is 7.21. The lowest BCUT2D eigenvalue weighted by atomic mass is 9.85. The molecule has 22 heavy (non-hydrogen) atoms. The van der Waals surface area contributed by atoms with Gasteiger partial charge in [-0.1, -0.05) is 19.9 Å². The molecule has 2 rings (SSSR count). The van der Waals surface area contributed by atoms with Gasteiger partial charge in [0, 0.05) is 17.8 Å². The van der Waals surface area contributed by atoms with Crippen molar-refractivity contribution in [2.75, 3.05) is 12.4 Å². The fourth-order valence-corrected chi connectivity index (χ4v) is 3.05. The number of nitrogens with zero attached hydrogens (tertiary/aromatic N) is 1. The number of hydrogen-bond acceptors (Lipinski definition) is 3. The van der Waals surface area contributed by atoms with Crippen molar-refractivity contribution in [2.45, 2.75) is 45.4 Å². The zero-order valence-electron chi connectivity index (χ0n) is 13.0. The normalized spacial score (nSPS) is 21.3. The van der Waals surface area contributed by atoms with Crippen LogP contribution in [-0.2, 0) is 0 Å². The summed E-state index contributed by atoms with van der Waals surface area (Å²) in [4.78, 5) is 0. The summed E-state index contributed by atoms with van der Waals surface area (Å²) in [5.74, 6) is -1.17.